The highest BCUT2D eigenvalue weighted by Gasteiger charge is 2.13. The first kappa shape index (κ1) is 19.9. The minimum absolute atomic E-state index is 0.109. The lowest BCUT2D eigenvalue weighted by molar-refractivity contribution is 0.287. The van der Waals surface area contributed by atoms with Crippen molar-refractivity contribution < 1.29 is 18.3 Å². The van der Waals surface area contributed by atoms with E-state index in [0.717, 1.165) is 17.7 Å². The summed E-state index contributed by atoms with van der Waals surface area (Å²) >= 11 is 5.22. The number of thiocarbonyl (C=S) groups is 1. The number of hydrogen-bond donors (Lipinski definition) is 2. The minimum Gasteiger partial charge on any atom is -0.490 e. The summed E-state index contributed by atoms with van der Waals surface area (Å²) in [7, 11) is 0. The molecule has 0 saturated heterocycles. The van der Waals surface area contributed by atoms with E-state index in [9.17, 15) is 8.78 Å². The molecule has 2 rings (SSSR count). The lowest BCUT2D eigenvalue weighted by Crippen LogP contribution is -2.31. The smallest absolute Gasteiger partial charge is 0.171 e. The average molecular weight is 380 g/mol. The Bertz CT molecular complexity index is 771. The number of hydrogen-bond acceptors (Lipinski definition) is 3. The van der Waals surface area contributed by atoms with Crippen LogP contribution in [0.2, 0.25) is 0 Å². The molecule has 0 aliphatic carbocycles. The van der Waals surface area contributed by atoms with E-state index in [1.165, 1.54) is 6.07 Å². The average Bonchev–Trinajstić information content (AvgIpc) is 2.59. The van der Waals surface area contributed by atoms with Gasteiger partial charge in [-0.3, -0.25) is 0 Å². The van der Waals surface area contributed by atoms with Gasteiger partial charge in [0.15, 0.2) is 16.6 Å². The second-order valence-corrected chi connectivity index (χ2v) is 5.92. The van der Waals surface area contributed by atoms with Gasteiger partial charge < -0.3 is 20.1 Å². The van der Waals surface area contributed by atoms with Gasteiger partial charge in [0, 0.05) is 6.07 Å². The molecule has 0 aromatic heterocycles. The molecule has 140 valence electrons. The van der Waals surface area contributed by atoms with Crippen LogP contribution in [0.15, 0.2) is 36.4 Å². The van der Waals surface area contributed by atoms with Crippen molar-refractivity contribution in [2.24, 2.45) is 0 Å². The first-order chi connectivity index (χ1) is 12.4. The SMILES string of the molecule is CCOc1ccc([C@H](C)NC(=S)Nc2ccc(F)cc2F)cc1OCC. The number of benzene rings is 2. The Morgan fingerprint density at radius 1 is 1.04 bits per heavy atom. The summed E-state index contributed by atoms with van der Waals surface area (Å²) in [5.74, 6) is -0.0111. The summed E-state index contributed by atoms with van der Waals surface area (Å²) in [6.07, 6.45) is 0. The highest BCUT2D eigenvalue weighted by atomic mass is 32.1. The Kier molecular flexibility index (Phi) is 7.15. The van der Waals surface area contributed by atoms with Crippen LogP contribution < -0.4 is 20.1 Å². The van der Waals surface area contributed by atoms with Crippen LogP contribution in [0.5, 0.6) is 11.5 Å². The molecular weight excluding hydrogens is 358 g/mol. The van der Waals surface area contributed by atoms with E-state index in [4.69, 9.17) is 21.7 Å². The zero-order valence-electron chi connectivity index (χ0n) is 14.9. The van der Waals surface area contributed by atoms with E-state index in [0.29, 0.717) is 24.7 Å². The fourth-order valence-electron chi connectivity index (χ4n) is 2.37. The van der Waals surface area contributed by atoms with E-state index in [1.54, 1.807) is 0 Å². The van der Waals surface area contributed by atoms with Gasteiger partial charge in [-0.05, 0) is 62.8 Å². The summed E-state index contributed by atoms with van der Waals surface area (Å²) < 4.78 is 37.8. The molecule has 0 aliphatic rings. The van der Waals surface area contributed by atoms with Crippen LogP contribution in [0.4, 0.5) is 14.5 Å². The Balaban J connectivity index is 2.07. The minimum atomic E-state index is -0.707. The lowest BCUT2D eigenvalue weighted by atomic mass is 10.1. The van der Waals surface area contributed by atoms with Gasteiger partial charge in [-0.2, -0.15) is 0 Å². The van der Waals surface area contributed by atoms with Gasteiger partial charge in [-0.15, -0.1) is 0 Å². The second-order valence-electron chi connectivity index (χ2n) is 5.52. The van der Waals surface area contributed by atoms with Gasteiger partial charge >= 0.3 is 0 Å². The normalized spacial score (nSPS) is 11.6. The number of nitrogens with one attached hydrogen (secondary N) is 2. The van der Waals surface area contributed by atoms with Crippen LogP contribution >= 0.6 is 12.2 Å². The predicted molar refractivity (Wildman–Crippen MR) is 103 cm³/mol. The molecule has 0 bridgehead atoms. The zero-order chi connectivity index (χ0) is 19.1. The van der Waals surface area contributed by atoms with Gasteiger partial charge in [-0.1, -0.05) is 6.07 Å². The van der Waals surface area contributed by atoms with E-state index in [-0.39, 0.29) is 16.8 Å². The molecule has 0 unspecified atom stereocenters. The van der Waals surface area contributed by atoms with Gasteiger partial charge in [0.2, 0.25) is 0 Å². The van der Waals surface area contributed by atoms with E-state index >= 15 is 0 Å². The van der Waals surface area contributed by atoms with Gasteiger partial charge in [-0.25, -0.2) is 8.78 Å². The Labute approximate surface area is 157 Å². The standard InChI is InChI=1S/C19H22F2N2O2S/c1-4-24-17-9-6-13(10-18(17)25-5-2)12(3)22-19(26)23-16-8-7-14(20)11-15(16)21/h6-12H,4-5H2,1-3H3,(H2,22,23,26)/t12-/m0/s1. The first-order valence-corrected chi connectivity index (χ1v) is 8.77. The van der Waals surface area contributed by atoms with Crippen molar-refractivity contribution in [3.05, 3.63) is 53.6 Å². The van der Waals surface area contributed by atoms with Crippen molar-refractivity contribution in [1.29, 1.82) is 0 Å². The fraction of sp³-hybridized carbons (Fsp3) is 0.316. The molecule has 2 aromatic rings. The molecule has 2 aromatic carbocycles. The molecular formula is C19H22F2N2O2S. The Hall–Kier alpha value is -2.41. The Morgan fingerprint density at radius 3 is 2.38 bits per heavy atom. The Morgan fingerprint density at radius 2 is 1.73 bits per heavy atom. The van der Waals surface area contributed by atoms with Gasteiger partial charge in [0.25, 0.3) is 0 Å². The van der Waals surface area contributed by atoms with Crippen molar-refractivity contribution >= 4 is 23.0 Å². The monoisotopic (exact) mass is 380 g/mol. The van der Waals surface area contributed by atoms with Crippen molar-refractivity contribution in [2.75, 3.05) is 18.5 Å². The molecule has 0 spiro atoms. The predicted octanol–water partition coefficient (Wildman–Crippen LogP) is 4.81. The molecule has 0 heterocycles. The van der Waals surface area contributed by atoms with E-state index < -0.39 is 11.6 Å². The maximum atomic E-state index is 13.7. The summed E-state index contributed by atoms with van der Waals surface area (Å²) in [5, 5.41) is 6.03. The molecule has 0 radical (unpaired) electrons. The molecule has 4 nitrogen and oxygen atoms in total. The third-order valence-corrected chi connectivity index (χ3v) is 3.81. The van der Waals surface area contributed by atoms with Crippen LogP contribution in [-0.2, 0) is 0 Å². The van der Waals surface area contributed by atoms with Crippen LogP contribution in [0.1, 0.15) is 32.4 Å². The molecule has 1 atom stereocenters. The topological polar surface area (TPSA) is 42.5 Å². The highest BCUT2D eigenvalue weighted by molar-refractivity contribution is 7.80. The van der Waals surface area contributed by atoms with Crippen LogP contribution in [-0.4, -0.2) is 18.3 Å². The van der Waals surface area contributed by atoms with Crippen molar-refractivity contribution in [2.45, 2.75) is 26.8 Å². The van der Waals surface area contributed by atoms with E-state index in [2.05, 4.69) is 10.6 Å². The van der Waals surface area contributed by atoms with Crippen LogP contribution in [0.25, 0.3) is 0 Å². The molecule has 26 heavy (non-hydrogen) atoms. The molecule has 0 amide bonds. The van der Waals surface area contributed by atoms with Gasteiger partial charge in [0.1, 0.15) is 11.6 Å². The zero-order valence-corrected chi connectivity index (χ0v) is 15.8. The summed E-state index contributed by atoms with van der Waals surface area (Å²) in [6, 6.07) is 8.74. The number of anilines is 1. The highest BCUT2D eigenvalue weighted by Crippen LogP contribution is 2.30. The third kappa shape index (κ3) is 5.29. The summed E-state index contributed by atoms with van der Waals surface area (Å²) in [6.45, 7) is 6.80. The molecule has 2 N–H and O–H groups in total. The van der Waals surface area contributed by atoms with Crippen LogP contribution in [0, 0.1) is 11.6 Å². The van der Waals surface area contributed by atoms with E-state index in [1.807, 2.05) is 39.0 Å². The molecule has 0 fully saturated rings. The maximum Gasteiger partial charge on any atom is 0.171 e. The molecule has 0 aliphatic heterocycles. The number of ether oxygens (including phenoxy) is 2. The largest absolute Gasteiger partial charge is 0.490 e. The third-order valence-electron chi connectivity index (χ3n) is 3.59. The first-order valence-electron chi connectivity index (χ1n) is 8.36. The van der Waals surface area contributed by atoms with Crippen molar-refractivity contribution in [3.63, 3.8) is 0 Å². The molecule has 0 saturated carbocycles. The van der Waals surface area contributed by atoms with Crippen LogP contribution in [0.3, 0.4) is 0 Å². The summed E-state index contributed by atoms with van der Waals surface area (Å²) in [5.41, 5.74) is 1.04. The second kappa shape index (κ2) is 9.33. The quantitative estimate of drug-likeness (QED) is 0.675. The summed E-state index contributed by atoms with van der Waals surface area (Å²) in [4.78, 5) is 0. The fourth-order valence-corrected chi connectivity index (χ4v) is 2.65. The van der Waals surface area contributed by atoms with Gasteiger partial charge in [0.05, 0.1) is 24.9 Å². The number of rotatable bonds is 7. The molecule has 7 heteroatoms. The number of halogens is 2. The van der Waals surface area contributed by atoms with Crippen molar-refractivity contribution in [1.82, 2.24) is 5.32 Å². The lowest BCUT2D eigenvalue weighted by Gasteiger charge is -2.19. The van der Waals surface area contributed by atoms with Crippen molar-refractivity contribution in [3.8, 4) is 11.5 Å². The maximum absolute atomic E-state index is 13.7.